The average molecular weight is 348 g/mol. The molecule has 0 aromatic heterocycles. The van der Waals surface area contributed by atoms with Crippen LogP contribution in [0.2, 0.25) is 10.0 Å². The van der Waals surface area contributed by atoms with Crippen molar-refractivity contribution >= 4 is 34.9 Å². The van der Waals surface area contributed by atoms with E-state index in [4.69, 9.17) is 23.2 Å². The van der Waals surface area contributed by atoms with Gasteiger partial charge in [-0.25, -0.2) is 4.79 Å². The van der Waals surface area contributed by atoms with Crippen molar-refractivity contribution in [3.63, 3.8) is 0 Å². The molecule has 2 saturated heterocycles. The summed E-state index contributed by atoms with van der Waals surface area (Å²) in [7, 11) is 0. The third-order valence-corrected chi connectivity index (χ3v) is 4.86. The molecule has 2 aliphatic rings. The molecule has 1 atom stereocenters. The van der Waals surface area contributed by atoms with E-state index in [1.807, 2.05) is 47.5 Å². The minimum Gasteiger partial charge on any atom is -0.271 e. The second-order valence-electron chi connectivity index (χ2n) is 5.67. The molecule has 2 fully saturated rings. The van der Waals surface area contributed by atoms with Crippen LogP contribution in [0, 0.1) is 0 Å². The predicted octanol–water partition coefficient (Wildman–Crippen LogP) is 4.55. The number of hydrogen-bond donors (Lipinski definition) is 0. The number of amides is 2. The number of fused-ring (bicyclic) bond motifs is 1. The summed E-state index contributed by atoms with van der Waals surface area (Å²) in [5, 5.41) is 5.06. The number of benzene rings is 2. The maximum Gasteiger partial charge on any atom is 0.340 e. The highest BCUT2D eigenvalue weighted by atomic mass is 35.5. The lowest BCUT2D eigenvalue weighted by Crippen LogP contribution is -2.32. The van der Waals surface area contributed by atoms with Crippen molar-refractivity contribution in [2.75, 3.05) is 18.0 Å². The summed E-state index contributed by atoms with van der Waals surface area (Å²) >= 11 is 12.5. The van der Waals surface area contributed by atoms with Gasteiger partial charge in [0.15, 0.2) is 0 Å². The Hall–Kier alpha value is -1.75. The molecule has 2 aliphatic heterocycles. The van der Waals surface area contributed by atoms with Crippen LogP contribution in [0.15, 0.2) is 48.5 Å². The summed E-state index contributed by atoms with van der Waals surface area (Å²) in [6.45, 7) is 1.57. The number of para-hydroxylation sites is 1. The Bertz CT molecular complexity index is 753. The van der Waals surface area contributed by atoms with E-state index in [0.29, 0.717) is 10.0 Å². The zero-order valence-electron chi connectivity index (χ0n) is 12.3. The molecular weight excluding hydrogens is 333 g/mol. The van der Waals surface area contributed by atoms with Crippen molar-refractivity contribution in [2.24, 2.45) is 0 Å². The van der Waals surface area contributed by atoms with Gasteiger partial charge < -0.3 is 0 Å². The van der Waals surface area contributed by atoms with Gasteiger partial charge in [-0.05, 0) is 30.7 Å². The third kappa shape index (κ3) is 2.38. The Labute approximate surface area is 144 Å². The number of hydrogen-bond acceptors (Lipinski definition) is 2. The standard InChI is InChI=1S/C17H15Cl2N3O/c18-12-7-8-14(15(19)11-12)16-20-9-4-10-21(20)17(23)22(16)13-5-2-1-3-6-13/h1-3,5-8,11,16H,4,9-10H2/t16-/m0/s1. The van der Waals surface area contributed by atoms with E-state index < -0.39 is 0 Å². The van der Waals surface area contributed by atoms with Gasteiger partial charge in [-0.3, -0.25) is 9.91 Å². The average Bonchev–Trinajstić information content (AvgIpc) is 3.11. The van der Waals surface area contributed by atoms with Gasteiger partial charge in [-0.15, -0.1) is 0 Å². The topological polar surface area (TPSA) is 26.8 Å². The summed E-state index contributed by atoms with van der Waals surface area (Å²) in [6.07, 6.45) is 0.730. The van der Waals surface area contributed by atoms with Crippen LogP contribution in [0.5, 0.6) is 0 Å². The van der Waals surface area contributed by atoms with E-state index in [1.165, 1.54) is 0 Å². The molecule has 23 heavy (non-hydrogen) atoms. The fourth-order valence-electron chi connectivity index (χ4n) is 3.30. The first kappa shape index (κ1) is 14.8. The minimum atomic E-state index is -0.239. The van der Waals surface area contributed by atoms with E-state index >= 15 is 0 Å². The van der Waals surface area contributed by atoms with Gasteiger partial charge >= 0.3 is 6.03 Å². The molecule has 2 aromatic rings. The normalized spacial score (nSPS) is 21.1. The molecule has 0 radical (unpaired) electrons. The van der Waals surface area contributed by atoms with Crippen LogP contribution in [0.3, 0.4) is 0 Å². The molecule has 0 bridgehead atoms. The second kappa shape index (κ2) is 5.71. The number of halogens is 2. The highest BCUT2D eigenvalue weighted by Gasteiger charge is 2.48. The number of carbonyl (C=O) groups is 1. The van der Waals surface area contributed by atoms with Gasteiger partial charge in [0.25, 0.3) is 0 Å². The molecule has 0 spiro atoms. The van der Waals surface area contributed by atoms with Gasteiger partial charge in [0.05, 0.1) is 0 Å². The highest BCUT2D eigenvalue weighted by molar-refractivity contribution is 6.35. The molecule has 2 heterocycles. The molecule has 2 amide bonds. The van der Waals surface area contributed by atoms with Gasteiger partial charge in [0, 0.05) is 34.4 Å². The monoisotopic (exact) mass is 347 g/mol. The third-order valence-electron chi connectivity index (χ3n) is 4.30. The lowest BCUT2D eigenvalue weighted by atomic mass is 10.1. The van der Waals surface area contributed by atoms with Gasteiger partial charge in [-0.1, -0.05) is 47.5 Å². The highest BCUT2D eigenvalue weighted by Crippen LogP contribution is 2.42. The van der Waals surface area contributed by atoms with Crippen LogP contribution < -0.4 is 4.90 Å². The van der Waals surface area contributed by atoms with Gasteiger partial charge in [-0.2, -0.15) is 5.01 Å². The number of hydrazine groups is 1. The second-order valence-corrected chi connectivity index (χ2v) is 6.51. The van der Waals surface area contributed by atoms with E-state index in [2.05, 4.69) is 5.01 Å². The Morgan fingerprint density at radius 3 is 2.52 bits per heavy atom. The van der Waals surface area contributed by atoms with Crippen molar-refractivity contribution in [2.45, 2.75) is 12.6 Å². The summed E-state index contributed by atoms with van der Waals surface area (Å²) in [6, 6.07) is 15.1. The Kier molecular flexibility index (Phi) is 3.68. The largest absolute Gasteiger partial charge is 0.340 e. The summed E-state index contributed by atoms with van der Waals surface area (Å²) in [5.41, 5.74) is 1.75. The van der Waals surface area contributed by atoms with Crippen LogP contribution in [-0.4, -0.2) is 29.1 Å². The number of rotatable bonds is 2. The van der Waals surface area contributed by atoms with E-state index in [-0.39, 0.29) is 12.2 Å². The quantitative estimate of drug-likeness (QED) is 0.796. The lowest BCUT2D eigenvalue weighted by molar-refractivity contribution is 0.0728. The molecule has 4 rings (SSSR count). The number of anilines is 1. The van der Waals surface area contributed by atoms with Crippen molar-refractivity contribution in [1.82, 2.24) is 10.0 Å². The van der Waals surface area contributed by atoms with E-state index in [1.54, 1.807) is 11.0 Å². The molecule has 0 unspecified atom stereocenters. The van der Waals surface area contributed by atoms with Crippen LogP contribution in [0.25, 0.3) is 0 Å². The fourth-order valence-corrected chi connectivity index (χ4v) is 3.81. The number of urea groups is 1. The van der Waals surface area contributed by atoms with Crippen molar-refractivity contribution < 1.29 is 4.79 Å². The lowest BCUT2D eigenvalue weighted by Gasteiger charge is -2.28. The van der Waals surface area contributed by atoms with Crippen LogP contribution in [0.4, 0.5) is 10.5 Å². The first-order valence-corrected chi connectivity index (χ1v) is 8.30. The maximum absolute atomic E-state index is 12.9. The zero-order valence-corrected chi connectivity index (χ0v) is 13.8. The molecule has 2 aromatic carbocycles. The molecule has 4 nitrogen and oxygen atoms in total. The summed E-state index contributed by atoms with van der Waals surface area (Å²) in [4.78, 5) is 14.7. The number of carbonyl (C=O) groups excluding carboxylic acids is 1. The molecule has 0 aliphatic carbocycles. The van der Waals surface area contributed by atoms with Crippen LogP contribution in [0.1, 0.15) is 18.2 Å². The molecular formula is C17H15Cl2N3O. The van der Waals surface area contributed by atoms with Crippen molar-refractivity contribution in [1.29, 1.82) is 0 Å². The predicted molar refractivity (Wildman–Crippen MR) is 91.5 cm³/mol. The molecule has 118 valence electrons. The maximum atomic E-state index is 12.9. The van der Waals surface area contributed by atoms with Crippen molar-refractivity contribution in [3.8, 4) is 0 Å². The molecule has 6 heteroatoms. The zero-order chi connectivity index (χ0) is 16.0. The number of nitrogens with zero attached hydrogens (tertiary/aromatic N) is 3. The summed E-state index contributed by atoms with van der Waals surface area (Å²) in [5.74, 6) is 0. The van der Waals surface area contributed by atoms with E-state index in [0.717, 1.165) is 30.8 Å². The minimum absolute atomic E-state index is 0.00952. The SMILES string of the molecule is O=C1N(c2ccccc2)[C@@H](c2ccc(Cl)cc2Cl)N2CCCN12. The summed E-state index contributed by atoms with van der Waals surface area (Å²) < 4.78 is 0. The molecule has 0 saturated carbocycles. The molecule has 0 N–H and O–H groups in total. The Morgan fingerprint density at radius 2 is 1.78 bits per heavy atom. The van der Waals surface area contributed by atoms with Crippen molar-refractivity contribution in [3.05, 3.63) is 64.1 Å². The van der Waals surface area contributed by atoms with Crippen LogP contribution >= 0.6 is 23.2 Å². The Morgan fingerprint density at radius 1 is 1.00 bits per heavy atom. The van der Waals surface area contributed by atoms with Crippen LogP contribution in [-0.2, 0) is 0 Å². The van der Waals surface area contributed by atoms with Gasteiger partial charge in [0.2, 0.25) is 0 Å². The van der Waals surface area contributed by atoms with Gasteiger partial charge in [0.1, 0.15) is 6.17 Å². The Balaban J connectivity index is 1.84. The van der Waals surface area contributed by atoms with E-state index in [9.17, 15) is 4.79 Å². The fraction of sp³-hybridized carbons (Fsp3) is 0.235. The first-order chi connectivity index (χ1) is 11.2. The smallest absolute Gasteiger partial charge is 0.271 e. The first-order valence-electron chi connectivity index (χ1n) is 7.54.